The van der Waals surface area contributed by atoms with E-state index in [0.29, 0.717) is 0 Å². The van der Waals surface area contributed by atoms with Gasteiger partial charge in [-0.2, -0.15) is 0 Å². The van der Waals surface area contributed by atoms with E-state index in [0.717, 1.165) is 33.8 Å². The summed E-state index contributed by atoms with van der Waals surface area (Å²) in [5, 5.41) is 9.97. The van der Waals surface area contributed by atoms with Gasteiger partial charge in [0.05, 0.1) is 17.1 Å². The number of nitrogens with zero attached hydrogens (tertiary/aromatic N) is 2. The highest BCUT2D eigenvalue weighted by atomic mass is 14.8. The first-order valence-electron chi connectivity index (χ1n) is 22.3. The van der Waals surface area contributed by atoms with Crippen LogP contribution in [0, 0.1) is 6.92 Å². The molecule has 0 spiro atoms. The molecule has 2 heteroatoms. The Kier molecular flexibility index (Phi) is 9.43. The molecular formula is C63H42N2. The third-order valence-electron chi connectivity index (χ3n) is 13.0. The predicted molar refractivity (Wildman–Crippen MR) is 275 cm³/mol. The molecule has 65 heavy (non-hydrogen) atoms. The van der Waals surface area contributed by atoms with E-state index < -0.39 is 0 Å². The molecule has 0 bridgehead atoms. The van der Waals surface area contributed by atoms with Crippen molar-refractivity contribution in [3.05, 3.63) is 242 Å². The number of rotatable bonds is 7. The average molecular weight is 827 g/mol. The molecule has 0 saturated heterocycles. The first-order chi connectivity index (χ1) is 32.2. The maximum Gasteiger partial charge on any atom is 0.0894 e. The lowest BCUT2D eigenvalue weighted by Gasteiger charge is -2.19. The Balaban J connectivity index is 0.997. The quantitative estimate of drug-likeness (QED) is 0.150. The summed E-state index contributed by atoms with van der Waals surface area (Å²) in [6.45, 7) is 2.18. The minimum absolute atomic E-state index is 0.838. The molecule has 2 nitrogen and oxygen atoms in total. The molecule has 0 fully saturated rings. The van der Waals surface area contributed by atoms with Crippen LogP contribution >= 0.6 is 0 Å². The van der Waals surface area contributed by atoms with Gasteiger partial charge < -0.3 is 0 Å². The van der Waals surface area contributed by atoms with Crippen molar-refractivity contribution in [3.8, 4) is 78.3 Å². The maximum absolute atomic E-state index is 5.38. The zero-order chi connectivity index (χ0) is 43.3. The number of hydrogen-bond acceptors (Lipinski definition) is 2. The summed E-state index contributed by atoms with van der Waals surface area (Å²) in [5.41, 5.74) is 16.9. The Bertz CT molecular complexity index is 3670. The van der Waals surface area contributed by atoms with Gasteiger partial charge in [0, 0.05) is 17.3 Å². The minimum Gasteiger partial charge on any atom is -0.255 e. The van der Waals surface area contributed by atoms with Crippen LogP contribution in [0.15, 0.2) is 237 Å². The average Bonchev–Trinajstić information content (AvgIpc) is 3.38. The van der Waals surface area contributed by atoms with Crippen molar-refractivity contribution < 1.29 is 0 Å². The first-order valence-corrected chi connectivity index (χ1v) is 22.3. The van der Waals surface area contributed by atoms with Crippen molar-refractivity contribution in [3.63, 3.8) is 0 Å². The number of fused-ring (bicyclic) bond motifs is 4. The Morgan fingerprint density at radius 3 is 1.15 bits per heavy atom. The summed E-state index contributed by atoms with van der Waals surface area (Å²) in [6.07, 6.45) is 1.83. The fourth-order valence-electron chi connectivity index (χ4n) is 10.1. The second-order valence-corrected chi connectivity index (χ2v) is 16.9. The molecule has 0 atom stereocenters. The second-order valence-electron chi connectivity index (χ2n) is 16.9. The van der Waals surface area contributed by atoms with Gasteiger partial charge in [-0.25, -0.2) is 4.98 Å². The fourth-order valence-corrected chi connectivity index (χ4v) is 10.1. The van der Waals surface area contributed by atoms with E-state index in [2.05, 4.69) is 219 Å². The summed E-state index contributed by atoms with van der Waals surface area (Å²) >= 11 is 0. The van der Waals surface area contributed by atoms with Crippen molar-refractivity contribution in [2.24, 2.45) is 0 Å². The number of benzene rings is 10. The van der Waals surface area contributed by atoms with Crippen LogP contribution in [0.1, 0.15) is 5.56 Å². The molecule has 0 aliphatic carbocycles. The van der Waals surface area contributed by atoms with E-state index in [1.54, 1.807) is 0 Å². The highest BCUT2D eigenvalue weighted by Gasteiger charge is 2.20. The Morgan fingerprint density at radius 2 is 0.677 bits per heavy atom. The monoisotopic (exact) mass is 826 g/mol. The van der Waals surface area contributed by atoms with Crippen LogP contribution in [0.5, 0.6) is 0 Å². The van der Waals surface area contributed by atoms with Gasteiger partial charge in [0.15, 0.2) is 0 Å². The number of aromatic nitrogens is 2. The molecule has 0 saturated carbocycles. The minimum atomic E-state index is 0.838. The van der Waals surface area contributed by atoms with Gasteiger partial charge in [0.1, 0.15) is 0 Å². The first kappa shape index (κ1) is 38.2. The molecular weight excluding hydrogens is 785 g/mol. The van der Waals surface area contributed by atoms with Crippen LogP contribution < -0.4 is 0 Å². The molecule has 10 aromatic carbocycles. The van der Waals surface area contributed by atoms with Gasteiger partial charge in [-0.1, -0.05) is 212 Å². The molecule has 304 valence electrons. The van der Waals surface area contributed by atoms with Gasteiger partial charge in [-0.3, -0.25) is 4.98 Å². The van der Waals surface area contributed by atoms with Crippen LogP contribution in [0.25, 0.3) is 121 Å². The molecule has 0 unspecified atom stereocenters. The third kappa shape index (κ3) is 6.67. The molecule has 0 amide bonds. The summed E-state index contributed by atoms with van der Waals surface area (Å²) < 4.78 is 0. The molecule has 0 radical (unpaired) electrons. The van der Waals surface area contributed by atoms with Gasteiger partial charge in [0.2, 0.25) is 0 Å². The SMILES string of the molecule is Cc1ccc2c(-c3ccc(-c4ccc(-c5ccccn5)nc4-c4ccc(-c5c6ccccc6c(-c6ccccc6)c6ccccc56)cc4)cc3)c3ccccc3c(-c3ccccc3)c2c1. The lowest BCUT2D eigenvalue weighted by Crippen LogP contribution is -1.95. The second kappa shape index (κ2) is 16.0. The zero-order valence-electron chi connectivity index (χ0n) is 35.9. The summed E-state index contributed by atoms with van der Waals surface area (Å²) in [5.74, 6) is 0. The van der Waals surface area contributed by atoms with Crippen molar-refractivity contribution in [2.75, 3.05) is 0 Å². The van der Waals surface area contributed by atoms with E-state index in [-0.39, 0.29) is 0 Å². The van der Waals surface area contributed by atoms with E-state index >= 15 is 0 Å². The smallest absolute Gasteiger partial charge is 0.0894 e. The number of aryl methyl sites for hydroxylation is 1. The van der Waals surface area contributed by atoms with Crippen LogP contribution in [-0.2, 0) is 0 Å². The number of pyridine rings is 2. The van der Waals surface area contributed by atoms with E-state index in [4.69, 9.17) is 9.97 Å². The Labute approximate surface area is 378 Å². The Morgan fingerprint density at radius 1 is 0.277 bits per heavy atom. The fraction of sp³-hybridized carbons (Fsp3) is 0.0159. The molecule has 2 heterocycles. The summed E-state index contributed by atoms with van der Waals surface area (Å²) in [6, 6.07) is 83.4. The standard InChI is InChI=1S/C63H42N2/c1-41-27-36-55-56(40-41)62(44-18-6-3-7-19-44)54-25-13-12-24-53(54)61(55)45-30-28-42(29-31-45)48-37-38-58(57-26-14-15-39-64-57)65-63(48)47-34-32-46(33-35-47)60-51-22-10-8-20-49(51)59(43-16-4-2-5-17-43)50-21-9-11-23-52(50)60/h2-40H,1H3. The van der Waals surface area contributed by atoms with E-state index in [1.807, 2.05) is 24.4 Å². The topological polar surface area (TPSA) is 25.8 Å². The van der Waals surface area contributed by atoms with Crippen LogP contribution in [0.3, 0.4) is 0 Å². The number of hydrogen-bond donors (Lipinski definition) is 0. The van der Waals surface area contributed by atoms with E-state index in [9.17, 15) is 0 Å². The summed E-state index contributed by atoms with van der Waals surface area (Å²) in [7, 11) is 0. The predicted octanol–water partition coefficient (Wildman–Crippen LogP) is 17.1. The van der Waals surface area contributed by atoms with Gasteiger partial charge in [-0.15, -0.1) is 0 Å². The van der Waals surface area contributed by atoms with E-state index in [1.165, 1.54) is 93.2 Å². The van der Waals surface area contributed by atoms with Gasteiger partial charge in [0.25, 0.3) is 0 Å². The van der Waals surface area contributed by atoms with Crippen molar-refractivity contribution in [2.45, 2.75) is 6.92 Å². The lowest BCUT2D eigenvalue weighted by atomic mass is 9.85. The third-order valence-corrected chi connectivity index (χ3v) is 13.0. The lowest BCUT2D eigenvalue weighted by molar-refractivity contribution is 1.25. The van der Waals surface area contributed by atoms with Crippen molar-refractivity contribution >= 4 is 43.1 Å². The largest absolute Gasteiger partial charge is 0.255 e. The highest BCUT2D eigenvalue weighted by Crippen LogP contribution is 2.46. The molecule has 0 aliphatic heterocycles. The van der Waals surface area contributed by atoms with Crippen molar-refractivity contribution in [1.29, 1.82) is 0 Å². The van der Waals surface area contributed by atoms with Gasteiger partial charge >= 0.3 is 0 Å². The molecule has 12 aromatic rings. The Hall–Kier alpha value is -8.46. The zero-order valence-corrected chi connectivity index (χ0v) is 35.9. The normalized spacial score (nSPS) is 11.5. The van der Waals surface area contributed by atoms with Crippen LogP contribution in [0.2, 0.25) is 0 Å². The molecule has 0 N–H and O–H groups in total. The summed E-state index contributed by atoms with van der Waals surface area (Å²) in [4.78, 5) is 10.1. The molecule has 0 aliphatic rings. The maximum atomic E-state index is 5.38. The van der Waals surface area contributed by atoms with Gasteiger partial charge in [-0.05, 0) is 124 Å². The van der Waals surface area contributed by atoms with Crippen LogP contribution in [-0.4, -0.2) is 9.97 Å². The molecule has 12 rings (SSSR count). The molecule has 2 aromatic heterocycles. The van der Waals surface area contributed by atoms with Crippen molar-refractivity contribution in [1.82, 2.24) is 9.97 Å². The van der Waals surface area contributed by atoms with Crippen LogP contribution in [0.4, 0.5) is 0 Å². The highest BCUT2D eigenvalue weighted by molar-refractivity contribution is 6.23.